The van der Waals surface area contributed by atoms with Crippen LogP contribution in [0.4, 0.5) is 0 Å². The van der Waals surface area contributed by atoms with E-state index in [0.717, 1.165) is 5.92 Å². The van der Waals surface area contributed by atoms with Gasteiger partial charge in [0.2, 0.25) is 0 Å². The van der Waals surface area contributed by atoms with Crippen molar-refractivity contribution in [2.45, 2.75) is 82.5 Å². The van der Waals surface area contributed by atoms with Crippen LogP contribution in [0.15, 0.2) is 11.6 Å². The van der Waals surface area contributed by atoms with Gasteiger partial charge in [-0.2, -0.15) is 0 Å². The van der Waals surface area contributed by atoms with Gasteiger partial charge in [-0.1, -0.05) is 74.8 Å². The predicted octanol–water partition coefficient (Wildman–Crippen LogP) is 5.90. The monoisotopic (exact) mass is 404 g/mol. The highest BCUT2D eigenvalue weighted by molar-refractivity contribution is 14.1. The van der Waals surface area contributed by atoms with Crippen LogP contribution in [0.1, 0.15) is 79.1 Å². The summed E-state index contributed by atoms with van der Waals surface area (Å²) in [6.07, 6.45) is 12.7. The molecule has 0 aromatic rings. The third-order valence-corrected chi connectivity index (χ3v) is 6.78. The average molecular weight is 404 g/mol. The van der Waals surface area contributed by atoms with Crippen LogP contribution in [0.3, 0.4) is 0 Å². The SMILES string of the molecule is CCCC1C[C@@](C)(I)CC=C1[C@]1(C)CCC[C@@](C)(CO)C1. The number of allylic oxidation sites excluding steroid dienone is 2. The Morgan fingerprint density at radius 2 is 2.00 bits per heavy atom. The molecule has 2 heteroatoms. The molecule has 0 saturated heterocycles. The van der Waals surface area contributed by atoms with Crippen molar-refractivity contribution in [2.24, 2.45) is 16.7 Å². The minimum Gasteiger partial charge on any atom is -0.396 e. The number of aliphatic hydroxyl groups is 1. The lowest BCUT2D eigenvalue weighted by Gasteiger charge is -2.49. The zero-order valence-electron chi connectivity index (χ0n) is 14.3. The molecule has 0 aromatic carbocycles. The summed E-state index contributed by atoms with van der Waals surface area (Å²) in [4.78, 5) is 0. The molecule has 21 heavy (non-hydrogen) atoms. The third-order valence-electron chi connectivity index (χ3n) is 5.90. The topological polar surface area (TPSA) is 20.2 Å². The van der Waals surface area contributed by atoms with E-state index in [0.29, 0.717) is 15.4 Å². The molecular formula is C19H33IO. The number of hydrogen-bond acceptors (Lipinski definition) is 1. The van der Waals surface area contributed by atoms with Crippen molar-refractivity contribution in [3.63, 3.8) is 0 Å². The molecule has 1 nitrogen and oxygen atoms in total. The maximum atomic E-state index is 9.81. The van der Waals surface area contributed by atoms with Crippen molar-refractivity contribution in [1.29, 1.82) is 0 Å². The van der Waals surface area contributed by atoms with Crippen LogP contribution in [0.5, 0.6) is 0 Å². The molecule has 0 bridgehead atoms. The second-order valence-electron chi connectivity index (χ2n) is 8.53. The van der Waals surface area contributed by atoms with Gasteiger partial charge < -0.3 is 5.11 Å². The van der Waals surface area contributed by atoms with Crippen LogP contribution >= 0.6 is 22.6 Å². The summed E-state index contributed by atoms with van der Waals surface area (Å²) >= 11 is 2.66. The van der Waals surface area contributed by atoms with Gasteiger partial charge in [-0.3, -0.25) is 0 Å². The molecule has 4 atom stereocenters. The van der Waals surface area contributed by atoms with Gasteiger partial charge in [0.25, 0.3) is 0 Å². The van der Waals surface area contributed by atoms with E-state index >= 15 is 0 Å². The van der Waals surface area contributed by atoms with Crippen LogP contribution < -0.4 is 0 Å². The molecule has 0 aliphatic heterocycles. The maximum Gasteiger partial charge on any atom is 0.0485 e. The van der Waals surface area contributed by atoms with Crippen LogP contribution in [-0.2, 0) is 0 Å². The summed E-state index contributed by atoms with van der Waals surface area (Å²) in [6, 6.07) is 0. The molecule has 0 aromatic heterocycles. The minimum absolute atomic E-state index is 0.135. The maximum absolute atomic E-state index is 9.81. The molecule has 0 heterocycles. The Kier molecular flexibility index (Phi) is 5.51. The standard InChI is InChI=1S/C19H33IO/c1-5-7-15-12-19(4,20)11-8-16(15)18(3)10-6-9-17(2,13-18)14-21/h8,15,21H,5-7,9-14H2,1-4H3/t15?,17-,18-,19+/m1/s1. The molecule has 2 aliphatic rings. The zero-order valence-corrected chi connectivity index (χ0v) is 16.5. The third kappa shape index (κ3) is 4.04. The van der Waals surface area contributed by atoms with Crippen molar-refractivity contribution < 1.29 is 5.11 Å². The van der Waals surface area contributed by atoms with Gasteiger partial charge >= 0.3 is 0 Å². The second-order valence-corrected chi connectivity index (χ2v) is 11.1. The van der Waals surface area contributed by atoms with Crippen molar-refractivity contribution >= 4 is 22.6 Å². The van der Waals surface area contributed by atoms with E-state index in [4.69, 9.17) is 0 Å². The van der Waals surface area contributed by atoms with E-state index in [9.17, 15) is 5.11 Å². The fraction of sp³-hybridized carbons (Fsp3) is 0.895. The fourth-order valence-electron chi connectivity index (χ4n) is 4.95. The van der Waals surface area contributed by atoms with Crippen molar-refractivity contribution in [3.05, 3.63) is 11.6 Å². The summed E-state index contributed by atoms with van der Waals surface area (Å²) in [6.45, 7) is 9.83. The lowest BCUT2D eigenvalue weighted by Crippen LogP contribution is -2.40. The fourth-order valence-corrected chi connectivity index (χ4v) is 5.70. The summed E-state index contributed by atoms with van der Waals surface area (Å²) in [5.74, 6) is 0.761. The first kappa shape index (κ1) is 17.8. The quantitative estimate of drug-likeness (QED) is 0.352. The van der Waals surface area contributed by atoms with E-state index in [1.54, 1.807) is 5.57 Å². The van der Waals surface area contributed by atoms with Gasteiger partial charge in [0, 0.05) is 10.0 Å². The molecule has 122 valence electrons. The Morgan fingerprint density at radius 3 is 2.62 bits per heavy atom. The summed E-state index contributed by atoms with van der Waals surface area (Å²) in [5, 5.41) is 9.81. The molecule has 1 fully saturated rings. The highest BCUT2D eigenvalue weighted by Crippen LogP contribution is 2.55. The minimum atomic E-state index is 0.135. The number of halogens is 1. The van der Waals surface area contributed by atoms with Crippen molar-refractivity contribution in [1.82, 2.24) is 0 Å². The Balaban J connectivity index is 2.26. The first-order valence-electron chi connectivity index (χ1n) is 8.74. The average Bonchev–Trinajstić information content (AvgIpc) is 2.37. The summed E-state index contributed by atoms with van der Waals surface area (Å²) in [7, 11) is 0. The van der Waals surface area contributed by atoms with Crippen LogP contribution in [0.25, 0.3) is 0 Å². The van der Waals surface area contributed by atoms with Gasteiger partial charge in [-0.15, -0.1) is 0 Å². The van der Waals surface area contributed by atoms with Crippen molar-refractivity contribution in [3.8, 4) is 0 Å². The van der Waals surface area contributed by atoms with Gasteiger partial charge in [0.05, 0.1) is 0 Å². The van der Waals surface area contributed by atoms with Gasteiger partial charge in [-0.25, -0.2) is 0 Å². The Morgan fingerprint density at radius 1 is 1.29 bits per heavy atom. The van der Waals surface area contributed by atoms with E-state index < -0.39 is 0 Å². The lowest BCUT2D eigenvalue weighted by atomic mass is 9.57. The molecule has 1 N–H and O–H groups in total. The lowest BCUT2D eigenvalue weighted by molar-refractivity contribution is 0.0418. The van der Waals surface area contributed by atoms with E-state index in [-0.39, 0.29) is 5.41 Å². The van der Waals surface area contributed by atoms with Gasteiger partial charge in [0.1, 0.15) is 0 Å². The molecule has 2 aliphatic carbocycles. The Labute approximate surface area is 145 Å². The number of hydrogen-bond donors (Lipinski definition) is 1. The highest BCUT2D eigenvalue weighted by Gasteiger charge is 2.44. The van der Waals surface area contributed by atoms with E-state index in [1.165, 1.54) is 51.4 Å². The van der Waals surface area contributed by atoms with Crippen molar-refractivity contribution in [2.75, 3.05) is 6.61 Å². The smallest absolute Gasteiger partial charge is 0.0485 e. The summed E-state index contributed by atoms with van der Waals surface area (Å²) < 4.78 is 0.437. The predicted molar refractivity (Wildman–Crippen MR) is 99.9 cm³/mol. The number of aliphatic hydroxyl groups excluding tert-OH is 1. The molecule has 0 radical (unpaired) electrons. The van der Waals surface area contributed by atoms with Gasteiger partial charge in [-0.05, 0) is 55.3 Å². The molecule has 0 amide bonds. The molecule has 2 rings (SSSR count). The van der Waals surface area contributed by atoms with Crippen LogP contribution in [0.2, 0.25) is 0 Å². The van der Waals surface area contributed by atoms with Gasteiger partial charge in [0.15, 0.2) is 0 Å². The number of alkyl halides is 1. The Hall–Kier alpha value is 0.430. The molecular weight excluding hydrogens is 371 g/mol. The number of rotatable bonds is 4. The first-order valence-corrected chi connectivity index (χ1v) is 9.82. The van der Waals surface area contributed by atoms with Crippen LogP contribution in [-0.4, -0.2) is 15.1 Å². The normalized spacial score (nSPS) is 44.5. The van der Waals surface area contributed by atoms with E-state index in [1.807, 2.05) is 0 Å². The molecule has 1 saturated carbocycles. The highest BCUT2D eigenvalue weighted by atomic mass is 127. The molecule has 1 unspecified atom stereocenters. The second kappa shape index (κ2) is 6.51. The van der Waals surface area contributed by atoms with E-state index in [2.05, 4.69) is 56.4 Å². The molecule has 0 spiro atoms. The van der Waals surface area contributed by atoms with Crippen LogP contribution in [0, 0.1) is 16.7 Å². The largest absolute Gasteiger partial charge is 0.396 e. The zero-order chi connectivity index (χ0) is 15.7. The first-order chi connectivity index (χ1) is 9.74. The Bertz CT molecular complexity index is 400. The summed E-state index contributed by atoms with van der Waals surface area (Å²) in [5.41, 5.74) is 2.19.